The zero-order valence-corrected chi connectivity index (χ0v) is 17.1. The molecule has 2 aromatic rings. The lowest BCUT2D eigenvalue weighted by Crippen LogP contribution is -2.50. The van der Waals surface area contributed by atoms with E-state index in [2.05, 4.69) is 4.72 Å². The number of hydrogen-bond donors (Lipinski definition) is 1. The summed E-state index contributed by atoms with van der Waals surface area (Å²) in [5.41, 5.74) is 1.01. The Bertz CT molecular complexity index is 1020. The van der Waals surface area contributed by atoms with Crippen molar-refractivity contribution in [2.75, 3.05) is 30.7 Å². The molecule has 1 amide bonds. The van der Waals surface area contributed by atoms with E-state index in [4.69, 9.17) is 9.47 Å². The second kappa shape index (κ2) is 7.68. The van der Waals surface area contributed by atoms with Gasteiger partial charge in [-0.1, -0.05) is 30.3 Å². The van der Waals surface area contributed by atoms with Gasteiger partial charge in [0.1, 0.15) is 11.4 Å². The number of nitrogens with zero attached hydrogens (tertiary/aromatic N) is 1. The fourth-order valence-corrected chi connectivity index (χ4v) is 4.46. The molecule has 4 rings (SSSR count). The Morgan fingerprint density at radius 2 is 1.76 bits per heavy atom. The van der Waals surface area contributed by atoms with E-state index < -0.39 is 15.6 Å². The van der Waals surface area contributed by atoms with Gasteiger partial charge in [0.15, 0.2) is 0 Å². The van der Waals surface area contributed by atoms with E-state index >= 15 is 0 Å². The largest absolute Gasteiger partial charge is 0.485 e. The fraction of sp³-hybridized carbons (Fsp3) is 0.381. The lowest BCUT2D eigenvalue weighted by molar-refractivity contribution is -0.0550. The smallest absolute Gasteiger partial charge is 0.256 e. The minimum Gasteiger partial charge on any atom is -0.485 e. The number of nitrogens with one attached hydrogen (secondary N) is 1. The van der Waals surface area contributed by atoms with Crippen molar-refractivity contribution in [1.29, 1.82) is 0 Å². The first-order valence-electron chi connectivity index (χ1n) is 9.56. The molecule has 2 aromatic carbocycles. The molecule has 1 spiro atoms. The molecule has 1 fully saturated rings. The van der Waals surface area contributed by atoms with Crippen LogP contribution in [0.15, 0.2) is 48.5 Å². The van der Waals surface area contributed by atoms with Crippen LogP contribution >= 0.6 is 0 Å². The summed E-state index contributed by atoms with van der Waals surface area (Å²) in [5, 5.41) is 0. The average Bonchev–Trinajstić information content (AvgIpc) is 2.83. The molecule has 0 bridgehead atoms. The third-order valence-electron chi connectivity index (χ3n) is 5.28. The second-order valence-electron chi connectivity index (χ2n) is 7.59. The van der Waals surface area contributed by atoms with Gasteiger partial charge in [0.2, 0.25) is 10.0 Å². The maximum atomic E-state index is 13.5. The summed E-state index contributed by atoms with van der Waals surface area (Å²) in [5.74, 6) is 0.551. The molecule has 0 aliphatic carbocycles. The Morgan fingerprint density at radius 3 is 2.52 bits per heavy atom. The van der Waals surface area contributed by atoms with Crippen LogP contribution in [0.5, 0.6) is 5.75 Å². The molecule has 0 unspecified atom stereocenters. The molecule has 0 aromatic heterocycles. The van der Waals surface area contributed by atoms with Crippen molar-refractivity contribution < 1.29 is 22.7 Å². The molecule has 1 saturated heterocycles. The summed E-state index contributed by atoms with van der Waals surface area (Å²) in [6.07, 6.45) is 2.45. The number of carbonyl (C=O) groups is 1. The molecular weight excluding hydrogens is 392 g/mol. The van der Waals surface area contributed by atoms with Crippen molar-refractivity contribution in [3.05, 3.63) is 59.7 Å². The van der Waals surface area contributed by atoms with E-state index in [0.29, 0.717) is 44.7 Å². The molecule has 7 nitrogen and oxygen atoms in total. The average molecular weight is 416 g/mol. The van der Waals surface area contributed by atoms with Gasteiger partial charge in [-0.2, -0.15) is 0 Å². The van der Waals surface area contributed by atoms with Crippen LogP contribution in [-0.4, -0.2) is 50.8 Å². The van der Waals surface area contributed by atoms with Gasteiger partial charge in [-0.15, -0.1) is 0 Å². The number of carbonyl (C=O) groups excluding carboxylic acids is 1. The van der Waals surface area contributed by atoms with E-state index in [1.165, 1.54) is 0 Å². The van der Waals surface area contributed by atoms with Gasteiger partial charge < -0.3 is 14.4 Å². The Labute approximate surface area is 170 Å². The normalized spacial score (nSPS) is 18.4. The molecule has 2 aliphatic heterocycles. The predicted molar refractivity (Wildman–Crippen MR) is 110 cm³/mol. The predicted octanol–water partition coefficient (Wildman–Crippen LogP) is 2.64. The number of hydrogen-bond acceptors (Lipinski definition) is 5. The van der Waals surface area contributed by atoms with Crippen molar-refractivity contribution in [3.8, 4) is 5.75 Å². The zero-order valence-electron chi connectivity index (χ0n) is 16.3. The maximum Gasteiger partial charge on any atom is 0.256 e. The number of fused-ring (bicyclic) bond motifs is 1. The standard InChI is InChI=1S/C21H24N2O5S/c1-29(25,26)22-18-8-4-3-7-17(18)20(24)23-14-16-6-2-5-9-19(16)28-21(15-23)10-12-27-13-11-21/h2-9,22H,10-15H2,1H3. The van der Waals surface area contributed by atoms with Crippen LogP contribution in [-0.2, 0) is 21.3 Å². The van der Waals surface area contributed by atoms with Gasteiger partial charge in [0.25, 0.3) is 5.91 Å². The van der Waals surface area contributed by atoms with Gasteiger partial charge >= 0.3 is 0 Å². The summed E-state index contributed by atoms with van der Waals surface area (Å²) in [6.45, 7) is 1.97. The van der Waals surface area contributed by atoms with Crippen LogP contribution in [0.2, 0.25) is 0 Å². The van der Waals surface area contributed by atoms with E-state index in [1.54, 1.807) is 29.2 Å². The highest BCUT2D eigenvalue weighted by molar-refractivity contribution is 7.92. The van der Waals surface area contributed by atoms with Crippen molar-refractivity contribution in [1.82, 2.24) is 4.90 Å². The third kappa shape index (κ3) is 4.38. The first kappa shape index (κ1) is 19.7. The van der Waals surface area contributed by atoms with Crippen LogP contribution in [0.3, 0.4) is 0 Å². The molecular formula is C21H24N2O5S. The molecule has 29 heavy (non-hydrogen) atoms. The van der Waals surface area contributed by atoms with E-state index in [0.717, 1.165) is 17.6 Å². The first-order chi connectivity index (χ1) is 13.9. The van der Waals surface area contributed by atoms with Crippen LogP contribution in [0.1, 0.15) is 28.8 Å². The summed E-state index contributed by atoms with van der Waals surface area (Å²) < 4.78 is 37.9. The van der Waals surface area contributed by atoms with Crippen LogP contribution in [0, 0.1) is 0 Å². The highest BCUT2D eigenvalue weighted by Gasteiger charge is 2.41. The third-order valence-corrected chi connectivity index (χ3v) is 5.87. The molecule has 8 heteroatoms. The Kier molecular flexibility index (Phi) is 5.23. The summed E-state index contributed by atoms with van der Waals surface area (Å²) in [6, 6.07) is 14.4. The van der Waals surface area contributed by atoms with Crippen LogP contribution in [0.4, 0.5) is 5.69 Å². The summed E-state index contributed by atoms with van der Waals surface area (Å²) >= 11 is 0. The minimum atomic E-state index is -3.51. The lowest BCUT2D eigenvalue weighted by atomic mass is 9.93. The highest BCUT2D eigenvalue weighted by Crippen LogP contribution is 2.36. The molecule has 154 valence electrons. The summed E-state index contributed by atoms with van der Waals surface area (Å²) in [7, 11) is -3.51. The molecule has 2 heterocycles. The molecule has 2 aliphatic rings. The van der Waals surface area contributed by atoms with Gasteiger partial charge in [-0.25, -0.2) is 8.42 Å². The van der Waals surface area contributed by atoms with Crippen molar-refractivity contribution in [3.63, 3.8) is 0 Å². The van der Waals surface area contributed by atoms with Crippen LogP contribution in [0.25, 0.3) is 0 Å². The van der Waals surface area contributed by atoms with Gasteiger partial charge in [-0.05, 0) is 18.2 Å². The number of anilines is 1. The lowest BCUT2D eigenvalue weighted by Gasteiger charge is -2.39. The van der Waals surface area contributed by atoms with E-state index in [-0.39, 0.29) is 11.6 Å². The Balaban J connectivity index is 1.71. The van der Waals surface area contributed by atoms with E-state index in [9.17, 15) is 13.2 Å². The molecule has 0 radical (unpaired) electrons. The first-order valence-corrected chi connectivity index (χ1v) is 11.5. The van der Waals surface area contributed by atoms with Gasteiger partial charge in [0, 0.05) is 24.9 Å². The summed E-state index contributed by atoms with van der Waals surface area (Å²) in [4.78, 5) is 15.2. The second-order valence-corrected chi connectivity index (χ2v) is 9.33. The molecule has 1 N–H and O–H groups in total. The minimum absolute atomic E-state index is 0.233. The molecule has 0 atom stereocenters. The number of para-hydroxylation sites is 2. The number of benzene rings is 2. The Morgan fingerprint density at radius 1 is 1.07 bits per heavy atom. The Hall–Kier alpha value is -2.58. The van der Waals surface area contributed by atoms with Crippen LogP contribution < -0.4 is 9.46 Å². The molecule has 0 saturated carbocycles. The quantitative estimate of drug-likeness (QED) is 0.832. The van der Waals surface area contributed by atoms with Crippen molar-refractivity contribution in [2.24, 2.45) is 0 Å². The van der Waals surface area contributed by atoms with Gasteiger partial charge in [-0.3, -0.25) is 9.52 Å². The van der Waals surface area contributed by atoms with Crippen molar-refractivity contribution >= 4 is 21.6 Å². The number of ether oxygens (including phenoxy) is 2. The number of sulfonamides is 1. The highest BCUT2D eigenvalue weighted by atomic mass is 32.2. The topological polar surface area (TPSA) is 84.9 Å². The number of rotatable bonds is 3. The maximum absolute atomic E-state index is 13.5. The monoisotopic (exact) mass is 416 g/mol. The zero-order chi connectivity index (χ0) is 20.5. The fourth-order valence-electron chi connectivity index (χ4n) is 3.88. The van der Waals surface area contributed by atoms with E-state index in [1.807, 2.05) is 24.3 Å². The van der Waals surface area contributed by atoms with Crippen molar-refractivity contribution in [2.45, 2.75) is 25.0 Å². The number of amides is 1. The van der Waals surface area contributed by atoms with Gasteiger partial charge in [0.05, 0.1) is 37.3 Å². The SMILES string of the molecule is CS(=O)(=O)Nc1ccccc1C(=O)N1Cc2ccccc2OC2(CCOCC2)C1.